The van der Waals surface area contributed by atoms with Gasteiger partial charge in [0.05, 0.1) is 6.04 Å². The van der Waals surface area contributed by atoms with Gasteiger partial charge in [0.1, 0.15) is 0 Å². The van der Waals surface area contributed by atoms with Gasteiger partial charge in [-0.05, 0) is 13.0 Å². The normalized spacial score (nSPS) is 17.9. The summed E-state index contributed by atoms with van der Waals surface area (Å²) in [5.74, 6) is 2.28. The van der Waals surface area contributed by atoms with Crippen molar-refractivity contribution >= 4 is 5.95 Å². The molecule has 0 N–H and O–H groups in total. The summed E-state index contributed by atoms with van der Waals surface area (Å²) in [4.78, 5) is 17.6. The van der Waals surface area contributed by atoms with Crippen LogP contribution in [0.1, 0.15) is 31.6 Å². The molecule has 0 amide bonds. The molecule has 1 saturated heterocycles. The highest BCUT2D eigenvalue weighted by molar-refractivity contribution is 5.29. The van der Waals surface area contributed by atoms with E-state index in [1.54, 1.807) is 12.4 Å². The molecule has 0 spiro atoms. The third kappa shape index (κ3) is 3.02. The van der Waals surface area contributed by atoms with E-state index >= 15 is 0 Å². The van der Waals surface area contributed by atoms with E-state index in [2.05, 4.69) is 36.8 Å². The van der Waals surface area contributed by atoms with Crippen LogP contribution < -0.4 is 4.90 Å². The highest BCUT2D eigenvalue weighted by Crippen LogP contribution is 2.21. The van der Waals surface area contributed by atoms with E-state index in [9.17, 15) is 0 Å². The van der Waals surface area contributed by atoms with Crippen LogP contribution in [0.2, 0.25) is 0 Å². The smallest absolute Gasteiger partial charge is 0.243 e. The van der Waals surface area contributed by atoms with E-state index in [1.165, 1.54) is 0 Å². The predicted octanol–water partition coefficient (Wildman–Crippen LogP) is 1.31. The van der Waals surface area contributed by atoms with E-state index < -0.39 is 0 Å². The fraction of sp³-hybridized carbons (Fsp3) is 0.571. The number of hydrogen-bond donors (Lipinski definition) is 0. The predicted molar refractivity (Wildman–Crippen MR) is 77.9 cm³/mol. The lowest BCUT2D eigenvalue weighted by molar-refractivity contribution is 0.163. The monoisotopic (exact) mass is 288 g/mol. The van der Waals surface area contributed by atoms with Crippen LogP contribution in [0.4, 0.5) is 5.95 Å². The molecule has 1 aliphatic heterocycles. The maximum Gasteiger partial charge on any atom is 0.243 e. The first-order valence-corrected chi connectivity index (χ1v) is 7.36. The Morgan fingerprint density at radius 2 is 1.90 bits per heavy atom. The Labute approximate surface area is 124 Å². The van der Waals surface area contributed by atoms with E-state index in [1.807, 2.05) is 13.0 Å². The first-order valence-electron chi connectivity index (χ1n) is 7.36. The molecule has 7 nitrogen and oxygen atoms in total. The van der Waals surface area contributed by atoms with Crippen molar-refractivity contribution < 1.29 is 4.52 Å². The first kappa shape index (κ1) is 13.9. The lowest BCUT2D eigenvalue weighted by atomic mass is 10.2. The van der Waals surface area contributed by atoms with Crippen molar-refractivity contribution in [1.29, 1.82) is 0 Å². The SMILES string of the molecule is CCc1noc(C(C)N2CCN(c3ncccn3)CC2)n1. The Morgan fingerprint density at radius 3 is 2.52 bits per heavy atom. The van der Waals surface area contributed by atoms with Crippen molar-refractivity contribution in [2.45, 2.75) is 26.3 Å². The van der Waals surface area contributed by atoms with Gasteiger partial charge in [-0.15, -0.1) is 0 Å². The summed E-state index contributed by atoms with van der Waals surface area (Å²) in [7, 11) is 0. The molecule has 2 aromatic heterocycles. The molecule has 1 fully saturated rings. The van der Waals surface area contributed by atoms with E-state index in [4.69, 9.17) is 4.52 Å². The topological polar surface area (TPSA) is 71.2 Å². The average molecular weight is 288 g/mol. The fourth-order valence-corrected chi connectivity index (χ4v) is 2.50. The van der Waals surface area contributed by atoms with E-state index in [0.717, 1.165) is 44.4 Å². The molecule has 1 atom stereocenters. The van der Waals surface area contributed by atoms with Gasteiger partial charge in [0.25, 0.3) is 0 Å². The third-order valence-electron chi connectivity index (χ3n) is 3.85. The van der Waals surface area contributed by atoms with Crippen LogP contribution in [-0.4, -0.2) is 51.2 Å². The van der Waals surface area contributed by atoms with Crippen LogP contribution in [0.15, 0.2) is 23.0 Å². The molecule has 0 aliphatic carbocycles. The largest absolute Gasteiger partial charge is 0.338 e. The standard InChI is InChI=1S/C14H20N6O/c1-3-12-17-13(21-18-12)11(2)19-7-9-20(10-8-19)14-15-5-4-6-16-14/h4-6,11H,3,7-10H2,1-2H3. The Morgan fingerprint density at radius 1 is 1.19 bits per heavy atom. The number of aryl methyl sites for hydroxylation is 1. The maximum atomic E-state index is 5.34. The molecule has 0 aromatic carbocycles. The molecule has 7 heteroatoms. The number of hydrogen-bond acceptors (Lipinski definition) is 7. The number of rotatable bonds is 4. The van der Waals surface area contributed by atoms with Gasteiger partial charge in [0.2, 0.25) is 11.8 Å². The van der Waals surface area contributed by atoms with E-state index in [-0.39, 0.29) is 6.04 Å². The van der Waals surface area contributed by atoms with Crippen LogP contribution >= 0.6 is 0 Å². The van der Waals surface area contributed by atoms with Gasteiger partial charge in [-0.3, -0.25) is 4.90 Å². The van der Waals surface area contributed by atoms with Crippen molar-refractivity contribution in [3.8, 4) is 0 Å². The lowest BCUT2D eigenvalue weighted by Crippen LogP contribution is -2.47. The molecule has 3 rings (SSSR count). The summed E-state index contributed by atoms with van der Waals surface area (Å²) >= 11 is 0. The van der Waals surface area contributed by atoms with Gasteiger partial charge in [-0.25, -0.2) is 9.97 Å². The minimum Gasteiger partial charge on any atom is -0.338 e. The number of nitrogens with zero attached hydrogens (tertiary/aromatic N) is 6. The number of aromatic nitrogens is 4. The summed E-state index contributed by atoms with van der Waals surface area (Å²) in [6.07, 6.45) is 4.36. The molecular weight excluding hydrogens is 268 g/mol. The van der Waals surface area contributed by atoms with E-state index in [0.29, 0.717) is 5.89 Å². The molecule has 112 valence electrons. The second-order valence-corrected chi connectivity index (χ2v) is 5.15. The first-order chi connectivity index (χ1) is 10.3. The zero-order chi connectivity index (χ0) is 14.7. The Balaban J connectivity index is 1.60. The summed E-state index contributed by atoms with van der Waals surface area (Å²) in [6.45, 7) is 7.82. The molecule has 2 aromatic rings. The molecule has 0 radical (unpaired) electrons. The minimum atomic E-state index is 0.150. The van der Waals surface area contributed by atoms with Crippen molar-refractivity contribution in [3.05, 3.63) is 30.2 Å². The van der Waals surface area contributed by atoms with Gasteiger partial charge < -0.3 is 9.42 Å². The van der Waals surface area contributed by atoms with Crippen LogP contribution in [0, 0.1) is 0 Å². The summed E-state index contributed by atoms with van der Waals surface area (Å²) in [6, 6.07) is 1.99. The minimum absolute atomic E-state index is 0.150. The second kappa shape index (κ2) is 6.17. The Kier molecular flexibility index (Phi) is 4.10. The molecule has 0 bridgehead atoms. The van der Waals surface area contributed by atoms with Gasteiger partial charge in [0, 0.05) is 45.0 Å². The average Bonchev–Trinajstić information content (AvgIpc) is 3.04. The summed E-state index contributed by atoms with van der Waals surface area (Å²) in [5, 5.41) is 3.97. The van der Waals surface area contributed by atoms with Crippen LogP contribution in [0.5, 0.6) is 0 Å². The Hall–Kier alpha value is -2.02. The van der Waals surface area contributed by atoms with Crippen LogP contribution in [0.3, 0.4) is 0 Å². The number of anilines is 1. The highest BCUT2D eigenvalue weighted by atomic mass is 16.5. The maximum absolute atomic E-state index is 5.34. The van der Waals surface area contributed by atoms with Gasteiger partial charge in [-0.2, -0.15) is 4.98 Å². The van der Waals surface area contributed by atoms with Crippen molar-refractivity contribution in [1.82, 2.24) is 25.0 Å². The quantitative estimate of drug-likeness (QED) is 0.839. The van der Waals surface area contributed by atoms with Gasteiger partial charge in [-0.1, -0.05) is 12.1 Å². The molecule has 3 heterocycles. The highest BCUT2D eigenvalue weighted by Gasteiger charge is 2.26. The Bertz CT molecular complexity index is 564. The third-order valence-corrected chi connectivity index (χ3v) is 3.85. The molecule has 1 aliphatic rings. The lowest BCUT2D eigenvalue weighted by Gasteiger charge is -2.36. The van der Waals surface area contributed by atoms with Gasteiger partial charge >= 0.3 is 0 Å². The zero-order valence-electron chi connectivity index (χ0n) is 12.4. The fourth-order valence-electron chi connectivity index (χ4n) is 2.50. The molecular formula is C14H20N6O. The zero-order valence-corrected chi connectivity index (χ0v) is 12.4. The number of piperazine rings is 1. The van der Waals surface area contributed by atoms with Crippen molar-refractivity contribution in [3.63, 3.8) is 0 Å². The molecule has 1 unspecified atom stereocenters. The summed E-state index contributed by atoms with van der Waals surface area (Å²) < 4.78 is 5.34. The van der Waals surface area contributed by atoms with Gasteiger partial charge in [0.15, 0.2) is 5.82 Å². The molecule has 0 saturated carbocycles. The second-order valence-electron chi connectivity index (χ2n) is 5.15. The summed E-state index contributed by atoms with van der Waals surface area (Å²) in [5.41, 5.74) is 0. The van der Waals surface area contributed by atoms with Crippen LogP contribution in [-0.2, 0) is 6.42 Å². The van der Waals surface area contributed by atoms with Crippen molar-refractivity contribution in [2.24, 2.45) is 0 Å². The van der Waals surface area contributed by atoms with Crippen molar-refractivity contribution in [2.75, 3.05) is 31.1 Å². The molecule has 21 heavy (non-hydrogen) atoms. The van der Waals surface area contributed by atoms with Crippen LogP contribution in [0.25, 0.3) is 0 Å².